The van der Waals surface area contributed by atoms with Crippen molar-refractivity contribution in [2.75, 3.05) is 20.8 Å². The number of hydrogen-bond acceptors (Lipinski definition) is 4. The van der Waals surface area contributed by atoms with Gasteiger partial charge in [0.1, 0.15) is 0 Å². The van der Waals surface area contributed by atoms with Gasteiger partial charge in [0.2, 0.25) is 0 Å². The number of ether oxygens (including phenoxy) is 1. The summed E-state index contributed by atoms with van der Waals surface area (Å²) in [5.74, 6) is 1.01. The number of amides is 1. The van der Waals surface area contributed by atoms with Crippen LogP contribution in [0.15, 0.2) is 36.7 Å². The largest absolute Gasteiger partial charge is 0.384 e. The van der Waals surface area contributed by atoms with E-state index in [0.29, 0.717) is 23.9 Å². The lowest BCUT2D eigenvalue weighted by Crippen LogP contribution is -2.45. The van der Waals surface area contributed by atoms with Gasteiger partial charge in [0.15, 0.2) is 5.82 Å². The standard InChI is InChI=1S/C21H27N3O2/c1-15-9-10-17(20-22-11-6-12-23-20)18(13-15)21(25)24(2)19-8-5-4-7-16(19)14-26-3/h6,9-13,16,19H,4-5,7-8,14H2,1-3H3. The summed E-state index contributed by atoms with van der Waals surface area (Å²) in [5, 5.41) is 0. The first kappa shape index (κ1) is 18.5. The molecule has 138 valence electrons. The summed E-state index contributed by atoms with van der Waals surface area (Å²) < 4.78 is 5.40. The molecule has 1 heterocycles. The third-order valence-electron chi connectivity index (χ3n) is 5.28. The van der Waals surface area contributed by atoms with E-state index in [0.717, 1.165) is 30.4 Å². The quantitative estimate of drug-likeness (QED) is 0.822. The van der Waals surface area contributed by atoms with E-state index in [-0.39, 0.29) is 11.9 Å². The lowest BCUT2D eigenvalue weighted by atomic mass is 9.84. The average molecular weight is 353 g/mol. The Hall–Kier alpha value is -2.27. The lowest BCUT2D eigenvalue weighted by Gasteiger charge is -2.38. The molecule has 0 bridgehead atoms. The molecule has 26 heavy (non-hydrogen) atoms. The van der Waals surface area contributed by atoms with Crippen LogP contribution in [0.25, 0.3) is 11.4 Å². The molecule has 0 radical (unpaired) electrons. The molecule has 1 aliphatic rings. The number of methoxy groups -OCH3 is 1. The van der Waals surface area contributed by atoms with Gasteiger partial charge < -0.3 is 9.64 Å². The number of hydrogen-bond donors (Lipinski definition) is 0. The first-order chi connectivity index (χ1) is 12.6. The van der Waals surface area contributed by atoms with E-state index in [4.69, 9.17) is 4.74 Å². The van der Waals surface area contributed by atoms with Crippen LogP contribution < -0.4 is 0 Å². The highest BCUT2D eigenvalue weighted by Crippen LogP contribution is 2.30. The molecule has 1 saturated carbocycles. The number of benzene rings is 1. The van der Waals surface area contributed by atoms with Gasteiger partial charge in [-0.15, -0.1) is 0 Å². The van der Waals surface area contributed by atoms with Crippen molar-refractivity contribution in [3.8, 4) is 11.4 Å². The van der Waals surface area contributed by atoms with Crippen molar-refractivity contribution in [2.45, 2.75) is 38.6 Å². The average Bonchev–Trinajstić information content (AvgIpc) is 2.68. The topological polar surface area (TPSA) is 55.3 Å². The van der Waals surface area contributed by atoms with E-state index >= 15 is 0 Å². The van der Waals surface area contributed by atoms with Gasteiger partial charge in [-0.25, -0.2) is 9.97 Å². The third kappa shape index (κ3) is 3.93. The summed E-state index contributed by atoms with van der Waals surface area (Å²) in [4.78, 5) is 23.9. The van der Waals surface area contributed by atoms with Crippen LogP contribution >= 0.6 is 0 Å². The minimum atomic E-state index is 0.0316. The molecular formula is C21H27N3O2. The van der Waals surface area contributed by atoms with Crippen molar-refractivity contribution in [3.05, 3.63) is 47.8 Å². The van der Waals surface area contributed by atoms with Gasteiger partial charge in [-0.05, 0) is 31.9 Å². The smallest absolute Gasteiger partial charge is 0.254 e. The van der Waals surface area contributed by atoms with Crippen LogP contribution in [0.5, 0.6) is 0 Å². The van der Waals surface area contributed by atoms with E-state index in [9.17, 15) is 4.79 Å². The van der Waals surface area contributed by atoms with E-state index in [1.807, 2.05) is 37.1 Å². The Morgan fingerprint density at radius 2 is 1.96 bits per heavy atom. The van der Waals surface area contributed by atoms with Crippen molar-refractivity contribution in [3.63, 3.8) is 0 Å². The van der Waals surface area contributed by atoms with Crippen molar-refractivity contribution in [1.29, 1.82) is 0 Å². The Balaban J connectivity index is 1.92. The number of rotatable bonds is 5. The second-order valence-electron chi connectivity index (χ2n) is 7.10. The van der Waals surface area contributed by atoms with Crippen molar-refractivity contribution in [2.24, 2.45) is 5.92 Å². The molecule has 1 fully saturated rings. The summed E-state index contributed by atoms with van der Waals surface area (Å²) >= 11 is 0. The summed E-state index contributed by atoms with van der Waals surface area (Å²) in [5.41, 5.74) is 2.51. The van der Waals surface area contributed by atoms with Crippen LogP contribution in [0.3, 0.4) is 0 Å². The van der Waals surface area contributed by atoms with E-state index in [2.05, 4.69) is 9.97 Å². The molecule has 2 atom stereocenters. The molecular weight excluding hydrogens is 326 g/mol. The fourth-order valence-electron chi connectivity index (χ4n) is 3.92. The van der Waals surface area contributed by atoms with Crippen molar-refractivity contribution < 1.29 is 9.53 Å². The maximum atomic E-state index is 13.4. The molecule has 0 spiro atoms. The van der Waals surface area contributed by atoms with Crippen LogP contribution in [0.2, 0.25) is 0 Å². The van der Waals surface area contributed by atoms with Crippen molar-refractivity contribution >= 4 is 5.91 Å². The van der Waals surface area contributed by atoms with Gasteiger partial charge >= 0.3 is 0 Å². The first-order valence-corrected chi connectivity index (χ1v) is 9.26. The van der Waals surface area contributed by atoms with E-state index in [1.165, 1.54) is 6.42 Å². The highest BCUT2D eigenvalue weighted by Gasteiger charge is 2.32. The fraction of sp³-hybridized carbons (Fsp3) is 0.476. The van der Waals surface area contributed by atoms with Gasteiger partial charge in [0, 0.05) is 44.1 Å². The SMILES string of the molecule is COCC1CCCCC1N(C)C(=O)c1cc(C)ccc1-c1ncccn1. The second kappa shape index (κ2) is 8.41. The zero-order valence-corrected chi connectivity index (χ0v) is 15.8. The van der Waals surface area contributed by atoms with E-state index < -0.39 is 0 Å². The summed E-state index contributed by atoms with van der Waals surface area (Å²) in [6, 6.07) is 7.87. The summed E-state index contributed by atoms with van der Waals surface area (Å²) in [7, 11) is 3.65. The van der Waals surface area contributed by atoms with Gasteiger partial charge in [0.05, 0.1) is 12.2 Å². The zero-order valence-electron chi connectivity index (χ0n) is 15.8. The van der Waals surface area contributed by atoms with Gasteiger partial charge in [-0.2, -0.15) is 0 Å². The molecule has 2 aromatic rings. The number of carbonyl (C=O) groups excluding carboxylic acids is 1. The molecule has 3 rings (SSSR count). The highest BCUT2D eigenvalue weighted by molar-refractivity contribution is 6.00. The van der Waals surface area contributed by atoms with Crippen LogP contribution in [-0.2, 0) is 4.74 Å². The van der Waals surface area contributed by atoms with Gasteiger partial charge in [0.25, 0.3) is 5.91 Å². The van der Waals surface area contributed by atoms with Crippen molar-refractivity contribution in [1.82, 2.24) is 14.9 Å². The van der Waals surface area contributed by atoms with Crippen LogP contribution in [0.4, 0.5) is 0 Å². The zero-order chi connectivity index (χ0) is 18.5. The molecule has 1 aromatic heterocycles. The molecule has 1 aliphatic carbocycles. The molecule has 5 heteroatoms. The predicted octanol–water partition coefficient (Wildman–Crippen LogP) is 3.73. The third-order valence-corrected chi connectivity index (χ3v) is 5.28. The molecule has 2 unspecified atom stereocenters. The Labute approximate surface area is 155 Å². The van der Waals surface area contributed by atoms with E-state index in [1.54, 1.807) is 25.6 Å². The Kier molecular flexibility index (Phi) is 5.99. The molecule has 0 saturated heterocycles. The number of nitrogens with zero attached hydrogens (tertiary/aromatic N) is 3. The predicted molar refractivity (Wildman–Crippen MR) is 102 cm³/mol. The summed E-state index contributed by atoms with van der Waals surface area (Å²) in [6.45, 7) is 2.70. The summed E-state index contributed by atoms with van der Waals surface area (Å²) in [6.07, 6.45) is 7.91. The molecule has 1 aromatic carbocycles. The van der Waals surface area contributed by atoms with Gasteiger partial charge in [-0.3, -0.25) is 4.79 Å². The first-order valence-electron chi connectivity index (χ1n) is 9.26. The van der Waals surface area contributed by atoms with Gasteiger partial charge in [-0.1, -0.05) is 30.5 Å². The Morgan fingerprint density at radius 3 is 2.69 bits per heavy atom. The molecule has 1 amide bonds. The Morgan fingerprint density at radius 1 is 1.23 bits per heavy atom. The second-order valence-corrected chi connectivity index (χ2v) is 7.10. The minimum Gasteiger partial charge on any atom is -0.384 e. The minimum absolute atomic E-state index is 0.0316. The normalized spacial score (nSPS) is 20.0. The van der Waals surface area contributed by atoms with Crippen LogP contribution in [0, 0.1) is 12.8 Å². The monoisotopic (exact) mass is 353 g/mol. The number of aromatic nitrogens is 2. The Bertz CT molecular complexity index is 746. The van der Waals surface area contributed by atoms with Crippen LogP contribution in [-0.4, -0.2) is 47.6 Å². The number of aryl methyl sites for hydroxylation is 1. The highest BCUT2D eigenvalue weighted by atomic mass is 16.5. The van der Waals surface area contributed by atoms with Crippen LogP contribution in [0.1, 0.15) is 41.6 Å². The molecule has 0 aliphatic heterocycles. The maximum Gasteiger partial charge on any atom is 0.254 e. The lowest BCUT2D eigenvalue weighted by molar-refractivity contribution is 0.0439. The molecule has 5 nitrogen and oxygen atoms in total. The molecule has 0 N–H and O–H groups in total. The number of carbonyl (C=O) groups is 1. The fourth-order valence-corrected chi connectivity index (χ4v) is 3.92. The maximum absolute atomic E-state index is 13.4.